The van der Waals surface area contributed by atoms with Crippen LogP contribution in [0.4, 0.5) is 0 Å². The number of ether oxygens (including phenoxy) is 4. The van der Waals surface area contributed by atoms with Gasteiger partial charge in [-0.2, -0.15) is 4.57 Å². The molecule has 0 bridgehead atoms. The summed E-state index contributed by atoms with van der Waals surface area (Å²) in [5.41, 5.74) is 2.45. The van der Waals surface area contributed by atoms with Crippen molar-refractivity contribution >= 4 is 38.4 Å². The predicted molar refractivity (Wildman–Crippen MR) is 135 cm³/mol. The molecule has 0 fully saturated rings. The molecular formula is C29H30NO5+. The van der Waals surface area contributed by atoms with Crippen LogP contribution in [0.25, 0.3) is 32.4 Å². The minimum absolute atomic E-state index is 0.209. The van der Waals surface area contributed by atoms with Crippen LogP contribution in [0.5, 0.6) is 23.0 Å². The fourth-order valence-corrected chi connectivity index (χ4v) is 5.54. The van der Waals surface area contributed by atoms with E-state index in [9.17, 15) is 4.79 Å². The average molecular weight is 473 g/mol. The normalized spacial score (nSPS) is 13.8. The zero-order chi connectivity index (χ0) is 23.9. The van der Waals surface area contributed by atoms with Gasteiger partial charge in [-0.25, -0.2) is 0 Å². The van der Waals surface area contributed by atoms with Crippen LogP contribution in [-0.2, 0) is 17.8 Å². The second-order valence-electron chi connectivity index (χ2n) is 9.42. The zero-order valence-electron chi connectivity index (χ0n) is 20.3. The lowest BCUT2D eigenvalue weighted by atomic mass is 9.93. The third-order valence-corrected chi connectivity index (χ3v) is 7.26. The van der Waals surface area contributed by atoms with Gasteiger partial charge in [-0.3, -0.25) is 4.79 Å². The Morgan fingerprint density at radius 1 is 1.00 bits per heavy atom. The number of pyridine rings is 1. The number of aryl methyl sites for hydroxylation is 2. The molecule has 4 aromatic rings. The molecule has 0 atom stereocenters. The molecule has 35 heavy (non-hydrogen) atoms. The topological polar surface area (TPSA) is 57.9 Å². The molecule has 6 heteroatoms. The summed E-state index contributed by atoms with van der Waals surface area (Å²) < 4.78 is 25.3. The fourth-order valence-electron chi connectivity index (χ4n) is 5.54. The molecule has 2 aliphatic heterocycles. The lowest BCUT2D eigenvalue weighted by Crippen LogP contribution is -2.38. The van der Waals surface area contributed by atoms with Crippen molar-refractivity contribution < 1.29 is 28.3 Å². The highest BCUT2D eigenvalue weighted by Gasteiger charge is 2.30. The van der Waals surface area contributed by atoms with Crippen molar-refractivity contribution in [2.45, 2.75) is 58.4 Å². The molecule has 0 amide bonds. The first-order chi connectivity index (χ1) is 17.2. The van der Waals surface area contributed by atoms with Gasteiger partial charge in [0.05, 0.1) is 23.3 Å². The number of aromatic nitrogens is 1. The van der Waals surface area contributed by atoms with Gasteiger partial charge in [0.2, 0.25) is 12.3 Å². The van der Waals surface area contributed by atoms with E-state index in [4.69, 9.17) is 18.9 Å². The number of fused-ring (bicyclic) bond motifs is 4. The summed E-state index contributed by atoms with van der Waals surface area (Å²) in [6.45, 7) is 3.28. The first-order valence-corrected chi connectivity index (χ1v) is 12.6. The Hall–Kier alpha value is -3.54. The Morgan fingerprint density at radius 3 is 2.69 bits per heavy atom. The average Bonchev–Trinajstić information content (AvgIpc) is 3.35. The third-order valence-electron chi connectivity index (χ3n) is 7.26. The lowest BCUT2D eigenvalue weighted by Gasteiger charge is -2.18. The molecule has 0 aliphatic carbocycles. The van der Waals surface area contributed by atoms with Gasteiger partial charge in [-0.1, -0.05) is 32.6 Å². The summed E-state index contributed by atoms with van der Waals surface area (Å²) in [6.07, 6.45) is 8.86. The van der Waals surface area contributed by atoms with Gasteiger partial charge in [-0.05, 0) is 42.3 Å². The number of benzene rings is 3. The molecule has 2 aliphatic rings. The second kappa shape index (κ2) is 8.91. The molecule has 6 rings (SSSR count). The van der Waals surface area contributed by atoms with Crippen LogP contribution in [0.1, 0.15) is 51.0 Å². The molecule has 0 N–H and O–H groups in total. The maximum Gasteiger partial charge on any atom is 0.311 e. The number of esters is 1. The number of methoxy groups -OCH3 is 1. The van der Waals surface area contributed by atoms with Crippen molar-refractivity contribution in [3.05, 3.63) is 42.1 Å². The van der Waals surface area contributed by atoms with Gasteiger partial charge in [0, 0.05) is 23.6 Å². The van der Waals surface area contributed by atoms with E-state index in [0.29, 0.717) is 17.9 Å². The van der Waals surface area contributed by atoms with Crippen molar-refractivity contribution in [1.82, 2.24) is 0 Å². The molecule has 0 unspecified atom stereocenters. The van der Waals surface area contributed by atoms with E-state index in [2.05, 4.69) is 42.0 Å². The van der Waals surface area contributed by atoms with Crippen LogP contribution >= 0.6 is 0 Å². The van der Waals surface area contributed by atoms with E-state index in [1.807, 2.05) is 6.07 Å². The number of carbonyl (C=O) groups excluding carboxylic acids is 1. The summed E-state index contributed by atoms with van der Waals surface area (Å²) in [5.74, 6) is 2.52. The second-order valence-corrected chi connectivity index (χ2v) is 9.42. The monoisotopic (exact) mass is 472 g/mol. The summed E-state index contributed by atoms with van der Waals surface area (Å²) in [4.78, 5) is 12.8. The van der Waals surface area contributed by atoms with Crippen LogP contribution in [0.3, 0.4) is 0 Å². The highest BCUT2D eigenvalue weighted by molar-refractivity contribution is 6.17. The molecule has 6 nitrogen and oxygen atoms in total. The van der Waals surface area contributed by atoms with Crippen LogP contribution in [0.15, 0.2) is 36.5 Å². The SMILES string of the molecule is CCCCCCCC(=O)Oc1c(OC)ccc2c1c[n+]1c3c2ccc2c4c(cc(c23)CC1)OCO4. The van der Waals surface area contributed by atoms with E-state index in [1.165, 1.54) is 29.3 Å². The molecule has 0 saturated carbocycles. The predicted octanol–water partition coefficient (Wildman–Crippen LogP) is 5.99. The molecule has 0 spiro atoms. The molecule has 3 aromatic carbocycles. The van der Waals surface area contributed by atoms with Gasteiger partial charge in [0.1, 0.15) is 0 Å². The largest absolute Gasteiger partial charge is 0.493 e. The number of unbranched alkanes of at least 4 members (excludes halogenated alkanes) is 4. The van der Waals surface area contributed by atoms with Gasteiger partial charge in [0.15, 0.2) is 35.7 Å². The van der Waals surface area contributed by atoms with Gasteiger partial charge < -0.3 is 18.9 Å². The first-order valence-electron chi connectivity index (χ1n) is 12.6. The van der Waals surface area contributed by atoms with Crippen molar-refractivity contribution in [3.63, 3.8) is 0 Å². The summed E-state index contributed by atoms with van der Waals surface area (Å²) in [6, 6.07) is 10.3. The van der Waals surface area contributed by atoms with Gasteiger partial charge in [0.25, 0.3) is 0 Å². The van der Waals surface area contributed by atoms with Crippen LogP contribution in [0, 0.1) is 0 Å². The summed E-state index contributed by atoms with van der Waals surface area (Å²) in [5, 5.41) is 5.34. The minimum Gasteiger partial charge on any atom is -0.493 e. The molecule has 3 heterocycles. The van der Waals surface area contributed by atoms with E-state index in [1.54, 1.807) is 7.11 Å². The van der Waals surface area contributed by atoms with Crippen LogP contribution < -0.4 is 23.5 Å². The minimum atomic E-state index is -0.209. The number of hydrogen-bond acceptors (Lipinski definition) is 5. The maximum atomic E-state index is 12.8. The Labute approximate surface area is 204 Å². The number of nitrogens with zero attached hydrogens (tertiary/aromatic N) is 1. The van der Waals surface area contributed by atoms with Crippen molar-refractivity contribution in [3.8, 4) is 23.0 Å². The molecular weight excluding hydrogens is 442 g/mol. The first kappa shape index (κ1) is 22.0. The summed E-state index contributed by atoms with van der Waals surface area (Å²) in [7, 11) is 1.61. The van der Waals surface area contributed by atoms with Crippen molar-refractivity contribution in [2.75, 3.05) is 13.9 Å². The summed E-state index contributed by atoms with van der Waals surface area (Å²) >= 11 is 0. The fraction of sp³-hybridized carbons (Fsp3) is 0.379. The van der Waals surface area contributed by atoms with Crippen molar-refractivity contribution in [1.29, 1.82) is 0 Å². The Morgan fingerprint density at radius 2 is 1.83 bits per heavy atom. The lowest BCUT2D eigenvalue weighted by molar-refractivity contribution is -0.670. The maximum absolute atomic E-state index is 12.8. The molecule has 0 radical (unpaired) electrons. The number of hydrogen-bond donors (Lipinski definition) is 0. The van der Waals surface area contributed by atoms with E-state index < -0.39 is 0 Å². The quantitative estimate of drug-likeness (QED) is 0.104. The Bertz CT molecular complexity index is 1480. The Balaban J connectivity index is 1.46. The van der Waals surface area contributed by atoms with Crippen LogP contribution in [0.2, 0.25) is 0 Å². The Kier molecular flexibility index (Phi) is 5.59. The highest BCUT2D eigenvalue weighted by Crippen LogP contribution is 2.46. The molecule has 0 saturated heterocycles. The smallest absolute Gasteiger partial charge is 0.311 e. The standard InChI is InChI=1S/C29H30NO5/c1-3-4-5-6-7-8-25(31)35-29-22-16-30-14-13-18-15-24-28(34-17-33-24)21-10-9-20(27(30)26(18)21)19(22)11-12-23(29)32-2/h9-12,15-16H,3-8,13-14,17H2,1-2H3/q+1. The zero-order valence-corrected chi connectivity index (χ0v) is 20.3. The third kappa shape index (κ3) is 3.63. The van der Waals surface area contributed by atoms with Crippen molar-refractivity contribution in [2.24, 2.45) is 0 Å². The van der Waals surface area contributed by atoms with E-state index in [-0.39, 0.29) is 12.8 Å². The highest BCUT2D eigenvalue weighted by atomic mass is 16.7. The molecule has 180 valence electrons. The van der Waals surface area contributed by atoms with Crippen LogP contribution in [-0.4, -0.2) is 19.9 Å². The van der Waals surface area contributed by atoms with Gasteiger partial charge >= 0.3 is 5.97 Å². The van der Waals surface area contributed by atoms with E-state index in [0.717, 1.165) is 65.3 Å². The molecule has 1 aromatic heterocycles. The number of rotatable bonds is 8. The van der Waals surface area contributed by atoms with E-state index >= 15 is 0 Å². The van der Waals surface area contributed by atoms with Gasteiger partial charge in [-0.15, -0.1) is 0 Å². The number of carbonyl (C=O) groups is 1.